The second kappa shape index (κ2) is 10.1. The van der Waals surface area contributed by atoms with Crippen molar-refractivity contribution in [3.05, 3.63) is 47.3 Å². The summed E-state index contributed by atoms with van der Waals surface area (Å²) in [7, 11) is 3.68. The summed E-state index contributed by atoms with van der Waals surface area (Å²) in [6.45, 7) is 5.60. The van der Waals surface area contributed by atoms with Crippen molar-refractivity contribution in [2.75, 3.05) is 20.6 Å². The number of nitrogens with zero attached hydrogens (tertiary/aromatic N) is 4. The number of hydrogen-bond donors (Lipinski definition) is 1. The van der Waals surface area contributed by atoms with Gasteiger partial charge in [0.1, 0.15) is 5.75 Å². The maximum absolute atomic E-state index is 12.2. The molecule has 1 aromatic heterocycles. The van der Waals surface area contributed by atoms with Crippen molar-refractivity contribution in [2.24, 2.45) is 10.9 Å². The zero-order valence-corrected chi connectivity index (χ0v) is 17.1. The molecule has 0 saturated carbocycles. The lowest BCUT2D eigenvalue weighted by Gasteiger charge is -2.24. The minimum Gasteiger partial charge on any atom is -0.435 e. The molecule has 2 rings (SSSR count). The minimum absolute atomic E-state index is 0.155. The summed E-state index contributed by atoms with van der Waals surface area (Å²) in [4.78, 5) is 6.31. The van der Waals surface area contributed by atoms with Crippen LogP contribution >= 0.6 is 0 Å². The van der Waals surface area contributed by atoms with Crippen LogP contribution in [-0.4, -0.2) is 47.9 Å². The Balaban J connectivity index is 1.85. The fraction of sp³-hybridized carbons (Fsp3) is 0.500. The van der Waals surface area contributed by atoms with Gasteiger partial charge in [-0.3, -0.25) is 9.67 Å². The van der Waals surface area contributed by atoms with Crippen LogP contribution in [0, 0.1) is 19.8 Å². The molecule has 28 heavy (non-hydrogen) atoms. The van der Waals surface area contributed by atoms with E-state index in [0.29, 0.717) is 12.5 Å². The maximum atomic E-state index is 12.2. The highest BCUT2D eigenvalue weighted by molar-refractivity contribution is 5.79. The van der Waals surface area contributed by atoms with Crippen molar-refractivity contribution in [3.8, 4) is 5.75 Å². The SMILES string of the molecule is CN=C(NCC(C)Cn1nc(C)cc1C)N(C)Cc1ccc(OC(F)F)cc1. The number of nitrogens with one attached hydrogen (secondary N) is 1. The maximum Gasteiger partial charge on any atom is 0.387 e. The van der Waals surface area contributed by atoms with Crippen LogP contribution in [0.15, 0.2) is 35.3 Å². The molecule has 1 aromatic carbocycles. The Labute approximate surface area is 165 Å². The first-order chi connectivity index (χ1) is 13.3. The summed E-state index contributed by atoms with van der Waals surface area (Å²) in [5, 5.41) is 7.89. The number of halogens is 2. The van der Waals surface area contributed by atoms with Crippen molar-refractivity contribution in [3.63, 3.8) is 0 Å². The van der Waals surface area contributed by atoms with E-state index in [1.54, 1.807) is 31.3 Å². The molecule has 0 aliphatic heterocycles. The third-order valence-electron chi connectivity index (χ3n) is 4.34. The lowest BCUT2D eigenvalue weighted by atomic mass is 10.2. The van der Waals surface area contributed by atoms with E-state index in [0.717, 1.165) is 36.0 Å². The summed E-state index contributed by atoms with van der Waals surface area (Å²) in [5.74, 6) is 1.30. The van der Waals surface area contributed by atoms with Gasteiger partial charge in [-0.05, 0) is 43.5 Å². The topological polar surface area (TPSA) is 54.7 Å². The average Bonchev–Trinajstić information content (AvgIpc) is 2.93. The normalized spacial score (nSPS) is 12.9. The zero-order valence-electron chi connectivity index (χ0n) is 17.1. The van der Waals surface area contributed by atoms with E-state index in [1.807, 2.05) is 23.6 Å². The Morgan fingerprint density at radius 1 is 1.29 bits per heavy atom. The first kappa shape index (κ1) is 21.7. The summed E-state index contributed by atoms with van der Waals surface area (Å²) in [6.07, 6.45) is 0. The second-order valence-electron chi connectivity index (χ2n) is 7.02. The minimum atomic E-state index is -2.81. The molecule has 0 aliphatic carbocycles. The molecule has 0 saturated heterocycles. The molecule has 0 amide bonds. The number of benzene rings is 1. The van der Waals surface area contributed by atoms with Crippen molar-refractivity contribution in [1.29, 1.82) is 0 Å². The van der Waals surface area contributed by atoms with Crippen LogP contribution < -0.4 is 10.1 Å². The molecule has 0 radical (unpaired) electrons. The van der Waals surface area contributed by atoms with E-state index >= 15 is 0 Å². The number of ether oxygens (including phenoxy) is 1. The van der Waals surface area contributed by atoms with Gasteiger partial charge in [0.15, 0.2) is 5.96 Å². The third kappa shape index (κ3) is 6.51. The lowest BCUT2D eigenvalue weighted by molar-refractivity contribution is -0.0498. The van der Waals surface area contributed by atoms with Gasteiger partial charge in [-0.15, -0.1) is 0 Å². The van der Waals surface area contributed by atoms with Crippen LogP contribution in [0.25, 0.3) is 0 Å². The monoisotopic (exact) mass is 393 g/mol. The molecular formula is C20H29F2N5O. The highest BCUT2D eigenvalue weighted by Crippen LogP contribution is 2.15. The van der Waals surface area contributed by atoms with Gasteiger partial charge < -0.3 is 15.0 Å². The van der Waals surface area contributed by atoms with Crippen molar-refractivity contribution < 1.29 is 13.5 Å². The Hall–Kier alpha value is -2.64. The Morgan fingerprint density at radius 2 is 1.96 bits per heavy atom. The highest BCUT2D eigenvalue weighted by Gasteiger charge is 2.11. The van der Waals surface area contributed by atoms with E-state index in [9.17, 15) is 8.78 Å². The molecule has 2 aromatic rings. The predicted octanol–water partition coefficient (Wildman–Crippen LogP) is 3.44. The molecular weight excluding hydrogens is 364 g/mol. The molecule has 1 atom stereocenters. The van der Waals surface area contributed by atoms with Crippen molar-refractivity contribution in [1.82, 2.24) is 20.0 Å². The number of hydrogen-bond acceptors (Lipinski definition) is 3. The van der Waals surface area contributed by atoms with Crippen LogP contribution in [0.2, 0.25) is 0 Å². The number of aliphatic imine (C=N–C) groups is 1. The molecule has 0 spiro atoms. The Morgan fingerprint density at radius 3 is 2.50 bits per heavy atom. The molecule has 8 heteroatoms. The lowest BCUT2D eigenvalue weighted by Crippen LogP contribution is -2.40. The van der Waals surface area contributed by atoms with Crippen LogP contribution in [0.4, 0.5) is 8.78 Å². The second-order valence-corrected chi connectivity index (χ2v) is 7.02. The van der Waals surface area contributed by atoms with E-state index in [4.69, 9.17) is 0 Å². The van der Waals surface area contributed by atoms with Gasteiger partial charge in [-0.25, -0.2) is 0 Å². The first-order valence-corrected chi connectivity index (χ1v) is 9.25. The summed E-state index contributed by atoms with van der Waals surface area (Å²) in [5.41, 5.74) is 3.16. The largest absolute Gasteiger partial charge is 0.435 e. The van der Waals surface area contributed by atoms with E-state index in [2.05, 4.69) is 40.1 Å². The Kier molecular flexibility index (Phi) is 7.78. The third-order valence-corrected chi connectivity index (χ3v) is 4.34. The van der Waals surface area contributed by atoms with Gasteiger partial charge >= 0.3 is 6.61 Å². The quantitative estimate of drug-likeness (QED) is 0.551. The molecule has 1 heterocycles. The highest BCUT2D eigenvalue weighted by atomic mass is 19.3. The number of aromatic nitrogens is 2. The molecule has 0 aliphatic rings. The van der Waals surface area contributed by atoms with Crippen LogP contribution in [-0.2, 0) is 13.1 Å². The molecule has 0 fully saturated rings. The van der Waals surface area contributed by atoms with Gasteiger partial charge in [-0.1, -0.05) is 19.1 Å². The van der Waals surface area contributed by atoms with E-state index < -0.39 is 6.61 Å². The van der Waals surface area contributed by atoms with E-state index in [1.165, 1.54) is 0 Å². The number of rotatable bonds is 8. The number of guanidine groups is 1. The smallest absolute Gasteiger partial charge is 0.387 e. The molecule has 1 unspecified atom stereocenters. The fourth-order valence-electron chi connectivity index (χ4n) is 2.99. The number of alkyl halides is 2. The van der Waals surface area contributed by atoms with Crippen LogP contribution in [0.1, 0.15) is 23.9 Å². The Bertz CT molecular complexity index is 773. The van der Waals surface area contributed by atoms with Crippen molar-refractivity contribution in [2.45, 2.75) is 40.5 Å². The van der Waals surface area contributed by atoms with Crippen LogP contribution in [0.3, 0.4) is 0 Å². The van der Waals surface area contributed by atoms with Gasteiger partial charge in [0.25, 0.3) is 0 Å². The van der Waals surface area contributed by atoms with Gasteiger partial charge in [0.2, 0.25) is 0 Å². The standard InChI is InChI=1S/C20H29F2N5O/c1-14(12-27-16(3)10-15(2)25-27)11-24-20(23-4)26(5)13-17-6-8-18(9-7-17)28-19(21)22/h6-10,14,19H,11-13H2,1-5H3,(H,23,24). The number of aryl methyl sites for hydroxylation is 2. The molecule has 6 nitrogen and oxygen atoms in total. The predicted molar refractivity (Wildman–Crippen MR) is 107 cm³/mol. The molecule has 0 bridgehead atoms. The van der Waals surface area contributed by atoms with Crippen molar-refractivity contribution >= 4 is 5.96 Å². The summed E-state index contributed by atoms with van der Waals surface area (Å²) < 4.78 is 30.9. The van der Waals surface area contributed by atoms with Crippen LogP contribution in [0.5, 0.6) is 5.75 Å². The molecule has 154 valence electrons. The van der Waals surface area contributed by atoms with Gasteiger partial charge in [0.05, 0.1) is 5.69 Å². The summed E-state index contributed by atoms with van der Waals surface area (Å²) in [6, 6.07) is 8.70. The van der Waals surface area contributed by atoms with Gasteiger partial charge in [-0.2, -0.15) is 13.9 Å². The average molecular weight is 393 g/mol. The molecule has 1 N–H and O–H groups in total. The fourth-order valence-corrected chi connectivity index (χ4v) is 2.99. The van der Waals surface area contributed by atoms with Gasteiger partial charge in [0, 0.05) is 39.4 Å². The summed E-state index contributed by atoms with van der Waals surface area (Å²) >= 11 is 0. The first-order valence-electron chi connectivity index (χ1n) is 9.25. The van der Waals surface area contributed by atoms with E-state index in [-0.39, 0.29) is 5.75 Å². The zero-order chi connectivity index (χ0) is 20.7.